The molecule has 15 heavy (non-hydrogen) atoms. The molecule has 80 valence electrons. The Labute approximate surface area is 88.9 Å². The fourth-order valence-electron chi connectivity index (χ4n) is 2.50. The van der Waals surface area contributed by atoms with Crippen LogP contribution in [0.3, 0.4) is 0 Å². The van der Waals surface area contributed by atoms with Crippen molar-refractivity contribution in [1.82, 2.24) is 9.97 Å². The molecule has 1 aromatic rings. The molecule has 2 unspecified atom stereocenters. The molecule has 1 heterocycles. The highest BCUT2D eigenvalue weighted by atomic mass is 16.1. The average molecular weight is 204 g/mol. The van der Waals surface area contributed by atoms with Gasteiger partial charge >= 0.3 is 0 Å². The molecule has 0 bridgehead atoms. The van der Waals surface area contributed by atoms with Crippen LogP contribution in [-0.4, -0.2) is 9.97 Å². The second-order valence-electron chi connectivity index (χ2n) is 4.90. The van der Waals surface area contributed by atoms with Gasteiger partial charge in [0.2, 0.25) is 0 Å². The number of nitrogens with zero attached hydrogens (tertiary/aromatic N) is 1. The SMILES string of the molecule is CC1CC1c1nc2c(c(=O)[nH]1)CCCC2. The molecular weight excluding hydrogens is 188 g/mol. The average Bonchev–Trinajstić information content (AvgIpc) is 2.96. The van der Waals surface area contributed by atoms with Crippen molar-refractivity contribution in [2.75, 3.05) is 0 Å². The van der Waals surface area contributed by atoms with Gasteiger partial charge in [0.1, 0.15) is 5.82 Å². The highest BCUT2D eigenvalue weighted by Crippen LogP contribution is 2.45. The molecule has 0 saturated heterocycles. The van der Waals surface area contributed by atoms with Crippen molar-refractivity contribution in [3.05, 3.63) is 27.4 Å². The second kappa shape index (κ2) is 3.19. The lowest BCUT2D eigenvalue weighted by Crippen LogP contribution is -2.22. The maximum absolute atomic E-state index is 11.8. The zero-order valence-electron chi connectivity index (χ0n) is 9.05. The topological polar surface area (TPSA) is 45.8 Å². The Morgan fingerprint density at radius 2 is 2.07 bits per heavy atom. The number of aromatic amines is 1. The lowest BCUT2D eigenvalue weighted by atomic mass is 9.97. The summed E-state index contributed by atoms with van der Waals surface area (Å²) in [6.45, 7) is 2.21. The Hall–Kier alpha value is -1.12. The van der Waals surface area contributed by atoms with Gasteiger partial charge in [-0.25, -0.2) is 4.98 Å². The van der Waals surface area contributed by atoms with Crippen LogP contribution in [0.1, 0.15) is 49.2 Å². The van der Waals surface area contributed by atoms with E-state index in [1.54, 1.807) is 0 Å². The van der Waals surface area contributed by atoms with Crippen LogP contribution < -0.4 is 5.56 Å². The molecular formula is C12H16N2O. The molecule has 3 rings (SSSR count). The van der Waals surface area contributed by atoms with Crippen LogP contribution in [0.4, 0.5) is 0 Å². The second-order valence-corrected chi connectivity index (χ2v) is 4.90. The maximum Gasteiger partial charge on any atom is 0.254 e. The number of rotatable bonds is 1. The van der Waals surface area contributed by atoms with E-state index in [9.17, 15) is 4.79 Å². The Balaban J connectivity index is 2.05. The summed E-state index contributed by atoms with van der Waals surface area (Å²) in [5.74, 6) is 2.16. The van der Waals surface area contributed by atoms with E-state index in [0.29, 0.717) is 11.8 Å². The highest BCUT2D eigenvalue weighted by molar-refractivity contribution is 5.23. The molecule has 1 fully saturated rings. The fourth-order valence-corrected chi connectivity index (χ4v) is 2.50. The van der Waals surface area contributed by atoms with E-state index in [-0.39, 0.29) is 5.56 Å². The van der Waals surface area contributed by atoms with E-state index in [4.69, 9.17) is 0 Å². The van der Waals surface area contributed by atoms with Gasteiger partial charge in [-0.05, 0) is 38.0 Å². The van der Waals surface area contributed by atoms with Crippen LogP contribution in [0.25, 0.3) is 0 Å². The number of aromatic nitrogens is 2. The summed E-state index contributed by atoms with van der Waals surface area (Å²) in [6.07, 6.45) is 5.41. The first-order chi connectivity index (χ1) is 7.25. The van der Waals surface area contributed by atoms with Crippen LogP contribution in [0.2, 0.25) is 0 Å². The summed E-state index contributed by atoms with van der Waals surface area (Å²) < 4.78 is 0. The Morgan fingerprint density at radius 3 is 2.80 bits per heavy atom. The molecule has 1 saturated carbocycles. The van der Waals surface area contributed by atoms with Crippen molar-refractivity contribution in [3.8, 4) is 0 Å². The lowest BCUT2D eigenvalue weighted by molar-refractivity contribution is 0.644. The van der Waals surface area contributed by atoms with E-state index in [0.717, 1.165) is 36.3 Å². The van der Waals surface area contributed by atoms with E-state index >= 15 is 0 Å². The van der Waals surface area contributed by atoms with Crippen LogP contribution in [-0.2, 0) is 12.8 Å². The van der Waals surface area contributed by atoms with Crippen molar-refractivity contribution < 1.29 is 0 Å². The van der Waals surface area contributed by atoms with Gasteiger partial charge in [0.05, 0.1) is 5.69 Å². The summed E-state index contributed by atoms with van der Waals surface area (Å²) in [5, 5.41) is 0. The molecule has 3 nitrogen and oxygen atoms in total. The minimum atomic E-state index is 0.119. The molecule has 0 radical (unpaired) electrons. The van der Waals surface area contributed by atoms with Crippen LogP contribution in [0.15, 0.2) is 4.79 Å². The van der Waals surface area contributed by atoms with Gasteiger partial charge in [-0.1, -0.05) is 6.92 Å². The van der Waals surface area contributed by atoms with Crippen molar-refractivity contribution in [2.45, 2.75) is 44.9 Å². The fraction of sp³-hybridized carbons (Fsp3) is 0.667. The van der Waals surface area contributed by atoms with Gasteiger partial charge in [0.15, 0.2) is 0 Å². The van der Waals surface area contributed by atoms with Crippen molar-refractivity contribution >= 4 is 0 Å². The summed E-state index contributed by atoms with van der Waals surface area (Å²) >= 11 is 0. The standard InChI is InChI=1S/C12H16N2O/c1-7-6-9(7)11-13-10-5-3-2-4-8(10)12(15)14-11/h7,9H,2-6H2,1H3,(H,13,14,15). The minimum Gasteiger partial charge on any atom is -0.310 e. The van der Waals surface area contributed by atoms with Crippen molar-refractivity contribution in [2.24, 2.45) is 5.92 Å². The van der Waals surface area contributed by atoms with Crippen molar-refractivity contribution in [1.29, 1.82) is 0 Å². The van der Waals surface area contributed by atoms with Crippen molar-refractivity contribution in [3.63, 3.8) is 0 Å². The molecule has 0 amide bonds. The van der Waals surface area contributed by atoms with Crippen LogP contribution >= 0.6 is 0 Å². The Bertz CT molecular complexity index is 449. The Morgan fingerprint density at radius 1 is 1.33 bits per heavy atom. The molecule has 1 N–H and O–H groups in total. The summed E-state index contributed by atoms with van der Waals surface area (Å²) in [6, 6.07) is 0. The molecule has 1 aromatic heterocycles. The van der Waals surface area contributed by atoms with Gasteiger partial charge in [0, 0.05) is 11.5 Å². The number of hydrogen-bond donors (Lipinski definition) is 1. The minimum absolute atomic E-state index is 0.119. The predicted molar refractivity (Wildman–Crippen MR) is 58.0 cm³/mol. The molecule has 3 heteroatoms. The number of H-pyrrole nitrogens is 1. The normalized spacial score (nSPS) is 28.6. The summed E-state index contributed by atoms with van der Waals surface area (Å²) in [5.41, 5.74) is 2.13. The van der Waals surface area contributed by atoms with E-state index in [1.807, 2.05) is 0 Å². The number of nitrogens with one attached hydrogen (secondary N) is 1. The largest absolute Gasteiger partial charge is 0.310 e. The smallest absolute Gasteiger partial charge is 0.254 e. The van der Waals surface area contributed by atoms with E-state index in [2.05, 4.69) is 16.9 Å². The first-order valence-corrected chi connectivity index (χ1v) is 5.87. The zero-order chi connectivity index (χ0) is 10.4. The van der Waals surface area contributed by atoms with Gasteiger partial charge in [-0.3, -0.25) is 4.79 Å². The van der Waals surface area contributed by atoms with E-state index < -0.39 is 0 Å². The third-order valence-electron chi connectivity index (χ3n) is 3.67. The first kappa shape index (κ1) is 9.13. The molecule has 2 aliphatic carbocycles. The number of fused-ring (bicyclic) bond motifs is 1. The maximum atomic E-state index is 11.8. The first-order valence-electron chi connectivity index (χ1n) is 5.87. The van der Waals surface area contributed by atoms with Gasteiger partial charge < -0.3 is 4.98 Å². The van der Waals surface area contributed by atoms with Gasteiger partial charge in [-0.15, -0.1) is 0 Å². The number of aryl methyl sites for hydroxylation is 1. The van der Waals surface area contributed by atoms with Crippen LogP contribution in [0, 0.1) is 5.92 Å². The summed E-state index contributed by atoms with van der Waals surface area (Å²) in [7, 11) is 0. The monoisotopic (exact) mass is 204 g/mol. The van der Waals surface area contributed by atoms with Gasteiger partial charge in [0.25, 0.3) is 5.56 Å². The predicted octanol–water partition coefficient (Wildman–Crippen LogP) is 1.77. The molecule has 2 atom stereocenters. The molecule has 2 aliphatic rings. The lowest BCUT2D eigenvalue weighted by Gasteiger charge is -2.14. The van der Waals surface area contributed by atoms with E-state index in [1.165, 1.54) is 12.8 Å². The van der Waals surface area contributed by atoms with Gasteiger partial charge in [-0.2, -0.15) is 0 Å². The number of hydrogen-bond acceptors (Lipinski definition) is 2. The summed E-state index contributed by atoms with van der Waals surface area (Å²) in [4.78, 5) is 19.4. The molecule has 0 aliphatic heterocycles. The molecule has 0 spiro atoms. The third kappa shape index (κ3) is 1.50. The highest BCUT2D eigenvalue weighted by Gasteiger charge is 2.36. The quantitative estimate of drug-likeness (QED) is 0.757. The van der Waals surface area contributed by atoms with Crippen LogP contribution in [0.5, 0.6) is 0 Å². The molecule has 0 aromatic carbocycles. The zero-order valence-corrected chi connectivity index (χ0v) is 9.05. The Kier molecular flexibility index (Phi) is 1.94. The third-order valence-corrected chi connectivity index (χ3v) is 3.67.